The van der Waals surface area contributed by atoms with E-state index in [2.05, 4.69) is 66.1 Å². The Hall–Kier alpha value is -2.88. The third-order valence-corrected chi connectivity index (χ3v) is 5.01. The van der Waals surface area contributed by atoms with Crippen LogP contribution in [-0.2, 0) is 6.42 Å². The van der Waals surface area contributed by atoms with Crippen LogP contribution in [0.5, 0.6) is 5.75 Å². The van der Waals surface area contributed by atoms with Gasteiger partial charge in [0.25, 0.3) is 0 Å². The van der Waals surface area contributed by atoms with Crippen molar-refractivity contribution in [3.63, 3.8) is 0 Å². The van der Waals surface area contributed by atoms with E-state index in [1.165, 1.54) is 16.8 Å². The van der Waals surface area contributed by atoms with Crippen LogP contribution in [0.2, 0.25) is 0 Å². The molecule has 0 spiro atoms. The zero-order chi connectivity index (χ0) is 18.7. The predicted molar refractivity (Wildman–Crippen MR) is 108 cm³/mol. The van der Waals surface area contributed by atoms with Gasteiger partial charge in [0.1, 0.15) is 17.9 Å². The first kappa shape index (κ1) is 17.9. The van der Waals surface area contributed by atoms with E-state index < -0.39 is 0 Å². The lowest BCUT2D eigenvalue weighted by atomic mass is 9.90. The van der Waals surface area contributed by atoms with Crippen LogP contribution in [0.25, 0.3) is 10.9 Å². The summed E-state index contributed by atoms with van der Waals surface area (Å²) in [6.07, 6.45) is 3.69. The van der Waals surface area contributed by atoms with Gasteiger partial charge in [-0.2, -0.15) is 0 Å². The maximum absolute atomic E-state index is 5.57. The summed E-state index contributed by atoms with van der Waals surface area (Å²) in [4.78, 5) is 11.5. The van der Waals surface area contributed by atoms with Gasteiger partial charge in [-0.25, -0.2) is 9.97 Å². The number of methoxy groups -OCH3 is 1. The van der Waals surface area contributed by atoms with Gasteiger partial charge in [0.05, 0.1) is 12.6 Å². The van der Waals surface area contributed by atoms with Crippen molar-refractivity contribution in [3.8, 4) is 5.75 Å². The average Bonchev–Trinajstić information content (AvgIpc) is 2.72. The van der Waals surface area contributed by atoms with E-state index in [1.807, 2.05) is 12.1 Å². The van der Waals surface area contributed by atoms with E-state index in [9.17, 15) is 0 Å². The first-order chi connectivity index (χ1) is 12.7. The van der Waals surface area contributed by atoms with Gasteiger partial charge in [0.15, 0.2) is 0 Å². The van der Waals surface area contributed by atoms with Crippen LogP contribution >= 0.6 is 0 Å². The number of hydrogen-bond donors (Lipinski definition) is 0. The highest BCUT2D eigenvalue weighted by molar-refractivity contribution is 5.97. The van der Waals surface area contributed by atoms with Crippen molar-refractivity contribution >= 4 is 22.4 Å². The van der Waals surface area contributed by atoms with Crippen molar-refractivity contribution in [2.45, 2.75) is 32.7 Å². The average molecular weight is 347 g/mol. The molecular weight excluding hydrogens is 322 g/mol. The predicted octanol–water partition coefficient (Wildman–Crippen LogP) is 5.22. The Balaban J connectivity index is 0.000000948. The van der Waals surface area contributed by atoms with Crippen LogP contribution in [0, 0.1) is 6.92 Å². The quantitative estimate of drug-likeness (QED) is 0.609. The number of nitrogens with zero attached hydrogens (tertiary/aromatic N) is 3. The van der Waals surface area contributed by atoms with E-state index >= 15 is 0 Å². The molecule has 26 heavy (non-hydrogen) atoms. The van der Waals surface area contributed by atoms with Crippen LogP contribution < -0.4 is 9.64 Å². The Bertz CT molecular complexity index is 908. The molecule has 1 aromatic heterocycles. The van der Waals surface area contributed by atoms with E-state index in [0.717, 1.165) is 35.3 Å². The first-order valence-electron chi connectivity index (χ1n) is 8.90. The molecule has 0 saturated carbocycles. The van der Waals surface area contributed by atoms with Gasteiger partial charge in [-0.1, -0.05) is 25.1 Å². The lowest BCUT2D eigenvalue weighted by Gasteiger charge is -2.38. The minimum absolute atomic E-state index is 0.379. The van der Waals surface area contributed by atoms with Crippen LogP contribution in [0.15, 0.2) is 55.9 Å². The highest BCUT2D eigenvalue weighted by Gasteiger charge is 2.31. The van der Waals surface area contributed by atoms with E-state index in [0.29, 0.717) is 6.04 Å². The third kappa shape index (κ3) is 2.81. The Morgan fingerprint density at radius 3 is 2.58 bits per heavy atom. The SMILES string of the molecule is C=C.CCC1Cc2c(C)c(OC)cc3ncnc(c23)N1c1ccccc1. The molecule has 4 heteroatoms. The Labute approximate surface area is 155 Å². The van der Waals surface area contributed by atoms with Crippen molar-refractivity contribution in [2.75, 3.05) is 12.0 Å². The first-order valence-corrected chi connectivity index (χ1v) is 8.90. The number of para-hydroxylation sites is 1. The Kier molecular flexibility index (Phi) is 5.21. The smallest absolute Gasteiger partial charge is 0.144 e. The summed E-state index contributed by atoms with van der Waals surface area (Å²) < 4.78 is 5.57. The van der Waals surface area contributed by atoms with E-state index in [4.69, 9.17) is 4.74 Å². The summed E-state index contributed by atoms with van der Waals surface area (Å²) in [5.41, 5.74) is 4.66. The minimum atomic E-state index is 0.379. The Morgan fingerprint density at radius 1 is 1.19 bits per heavy atom. The molecule has 3 aromatic rings. The third-order valence-electron chi connectivity index (χ3n) is 5.01. The molecule has 2 heterocycles. The monoisotopic (exact) mass is 347 g/mol. The lowest BCUT2D eigenvalue weighted by Crippen LogP contribution is -2.36. The van der Waals surface area contributed by atoms with Gasteiger partial charge >= 0.3 is 0 Å². The van der Waals surface area contributed by atoms with Crippen LogP contribution in [-0.4, -0.2) is 23.1 Å². The molecular formula is C22H25N3O. The molecule has 0 radical (unpaired) electrons. The minimum Gasteiger partial charge on any atom is -0.496 e. The fourth-order valence-corrected chi connectivity index (χ4v) is 3.76. The summed E-state index contributed by atoms with van der Waals surface area (Å²) in [6.45, 7) is 10.4. The van der Waals surface area contributed by atoms with E-state index in [-0.39, 0.29) is 0 Å². The molecule has 1 aliphatic heterocycles. The van der Waals surface area contributed by atoms with E-state index in [1.54, 1.807) is 13.4 Å². The molecule has 134 valence electrons. The number of benzene rings is 2. The fourth-order valence-electron chi connectivity index (χ4n) is 3.76. The van der Waals surface area contributed by atoms with Gasteiger partial charge < -0.3 is 9.64 Å². The summed E-state index contributed by atoms with van der Waals surface area (Å²) in [6, 6.07) is 12.9. The van der Waals surface area contributed by atoms with Crippen LogP contribution in [0.3, 0.4) is 0 Å². The molecule has 0 N–H and O–H groups in total. The number of hydrogen-bond acceptors (Lipinski definition) is 4. The second kappa shape index (κ2) is 7.56. The van der Waals surface area contributed by atoms with Gasteiger partial charge in [0.2, 0.25) is 0 Å². The largest absolute Gasteiger partial charge is 0.496 e. The molecule has 2 aromatic carbocycles. The standard InChI is InChI=1S/C20H21N3O.C2H4/c1-4-14-10-16-13(2)18(24-3)11-17-19(16)20(22-12-21-17)23(14)15-8-6-5-7-9-15;1-2/h5-9,11-12,14H,4,10H2,1-3H3;1-2H2. The number of anilines is 2. The van der Waals surface area contributed by atoms with Crippen molar-refractivity contribution < 1.29 is 4.74 Å². The zero-order valence-corrected chi connectivity index (χ0v) is 15.7. The molecule has 1 aliphatic rings. The van der Waals surface area contributed by atoms with Gasteiger partial charge in [0, 0.05) is 23.2 Å². The molecule has 0 fully saturated rings. The zero-order valence-electron chi connectivity index (χ0n) is 15.7. The van der Waals surface area contributed by atoms with Crippen molar-refractivity contribution in [1.29, 1.82) is 0 Å². The summed E-state index contributed by atoms with van der Waals surface area (Å²) in [5, 5.41) is 1.16. The second-order valence-corrected chi connectivity index (χ2v) is 6.25. The molecule has 0 amide bonds. The summed E-state index contributed by atoms with van der Waals surface area (Å²) in [7, 11) is 1.72. The number of ether oxygens (including phenoxy) is 1. The molecule has 0 bridgehead atoms. The van der Waals surface area contributed by atoms with Crippen molar-refractivity contribution in [3.05, 3.63) is 67.0 Å². The number of rotatable bonds is 3. The van der Waals surface area contributed by atoms with Gasteiger partial charge in [-0.15, -0.1) is 13.2 Å². The van der Waals surface area contributed by atoms with Crippen molar-refractivity contribution in [2.24, 2.45) is 0 Å². The summed E-state index contributed by atoms with van der Waals surface area (Å²) in [5.74, 6) is 1.91. The molecule has 4 nitrogen and oxygen atoms in total. The van der Waals surface area contributed by atoms with Crippen LogP contribution in [0.4, 0.5) is 11.5 Å². The van der Waals surface area contributed by atoms with Crippen LogP contribution in [0.1, 0.15) is 24.5 Å². The maximum Gasteiger partial charge on any atom is 0.144 e. The molecule has 1 atom stereocenters. The topological polar surface area (TPSA) is 38.3 Å². The lowest BCUT2D eigenvalue weighted by molar-refractivity contribution is 0.411. The molecule has 0 saturated heterocycles. The molecule has 1 unspecified atom stereocenters. The highest BCUT2D eigenvalue weighted by Crippen LogP contribution is 2.42. The fraction of sp³-hybridized carbons (Fsp3) is 0.273. The Morgan fingerprint density at radius 2 is 1.92 bits per heavy atom. The van der Waals surface area contributed by atoms with Crippen molar-refractivity contribution in [1.82, 2.24) is 9.97 Å². The molecule has 4 rings (SSSR count). The molecule has 0 aliphatic carbocycles. The van der Waals surface area contributed by atoms with Gasteiger partial charge in [-0.05, 0) is 43.0 Å². The number of aromatic nitrogens is 2. The maximum atomic E-state index is 5.57. The highest BCUT2D eigenvalue weighted by atomic mass is 16.5. The summed E-state index contributed by atoms with van der Waals surface area (Å²) >= 11 is 0. The second-order valence-electron chi connectivity index (χ2n) is 6.25. The normalized spacial score (nSPS) is 15.3. The van der Waals surface area contributed by atoms with Gasteiger partial charge in [-0.3, -0.25) is 0 Å².